The fourth-order valence-electron chi connectivity index (χ4n) is 2.86. The molecule has 1 heterocycles. The van der Waals surface area contributed by atoms with E-state index in [0.29, 0.717) is 30.1 Å². The van der Waals surface area contributed by atoms with E-state index in [1.54, 1.807) is 38.5 Å². The Labute approximate surface area is 135 Å². The van der Waals surface area contributed by atoms with Gasteiger partial charge in [0.15, 0.2) is 11.5 Å². The summed E-state index contributed by atoms with van der Waals surface area (Å²) in [6, 6.07) is 11.0. The number of nitrogen functional groups attached to an aromatic ring is 1. The van der Waals surface area contributed by atoms with Crippen LogP contribution in [-0.4, -0.2) is 31.6 Å². The van der Waals surface area contributed by atoms with Gasteiger partial charge in [0.2, 0.25) is 0 Å². The molecule has 5 nitrogen and oxygen atoms in total. The average molecular weight is 312 g/mol. The quantitative estimate of drug-likeness (QED) is 0.884. The molecule has 120 valence electrons. The van der Waals surface area contributed by atoms with Gasteiger partial charge in [0.25, 0.3) is 5.91 Å². The van der Waals surface area contributed by atoms with Crippen LogP contribution in [0.2, 0.25) is 0 Å². The summed E-state index contributed by atoms with van der Waals surface area (Å²) in [4.78, 5) is 14.5. The Balaban J connectivity index is 1.84. The topological polar surface area (TPSA) is 64.8 Å². The molecule has 0 unspecified atom stereocenters. The van der Waals surface area contributed by atoms with Crippen LogP contribution < -0.4 is 15.2 Å². The minimum atomic E-state index is 0.0189. The van der Waals surface area contributed by atoms with Gasteiger partial charge in [0, 0.05) is 24.3 Å². The van der Waals surface area contributed by atoms with Gasteiger partial charge < -0.3 is 20.1 Å². The maximum Gasteiger partial charge on any atom is 0.254 e. The number of hydrogen-bond acceptors (Lipinski definition) is 4. The van der Waals surface area contributed by atoms with Crippen LogP contribution in [-0.2, 0) is 13.0 Å². The van der Waals surface area contributed by atoms with E-state index in [2.05, 4.69) is 0 Å². The van der Waals surface area contributed by atoms with E-state index in [4.69, 9.17) is 15.2 Å². The first-order chi connectivity index (χ1) is 11.1. The van der Waals surface area contributed by atoms with Crippen LogP contribution in [0.5, 0.6) is 11.5 Å². The van der Waals surface area contributed by atoms with Crippen LogP contribution >= 0.6 is 0 Å². The first kappa shape index (κ1) is 15.2. The highest BCUT2D eigenvalue weighted by molar-refractivity contribution is 5.94. The monoisotopic (exact) mass is 312 g/mol. The van der Waals surface area contributed by atoms with Crippen LogP contribution in [0, 0.1) is 0 Å². The minimum Gasteiger partial charge on any atom is -0.493 e. The van der Waals surface area contributed by atoms with Gasteiger partial charge in [-0.05, 0) is 53.9 Å². The first-order valence-corrected chi connectivity index (χ1v) is 7.51. The molecule has 1 aliphatic rings. The van der Waals surface area contributed by atoms with Crippen LogP contribution in [0.25, 0.3) is 0 Å². The molecule has 0 fully saturated rings. The van der Waals surface area contributed by atoms with E-state index in [9.17, 15) is 4.79 Å². The maximum atomic E-state index is 12.6. The van der Waals surface area contributed by atoms with Gasteiger partial charge in [0.05, 0.1) is 14.2 Å². The van der Waals surface area contributed by atoms with Gasteiger partial charge in [0.1, 0.15) is 0 Å². The van der Waals surface area contributed by atoms with Crippen molar-refractivity contribution in [3.05, 3.63) is 53.1 Å². The number of methoxy groups -OCH3 is 2. The molecule has 3 rings (SSSR count). The summed E-state index contributed by atoms with van der Waals surface area (Å²) in [5, 5.41) is 0. The van der Waals surface area contributed by atoms with Gasteiger partial charge >= 0.3 is 0 Å². The zero-order chi connectivity index (χ0) is 16.4. The van der Waals surface area contributed by atoms with Crippen LogP contribution in [0.15, 0.2) is 36.4 Å². The van der Waals surface area contributed by atoms with Gasteiger partial charge in [-0.25, -0.2) is 0 Å². The number of nitrogens with two attached hydrogens (primary N) is 1. The Morgan fingerprint density at radius 2 is 1.65 bits per heavy atom. The average Bonchev–Trinajstić information content (AvgIpc) is 2.60. The lowest BCUT2D eigenvalue weighted by molar-refractivity contribution is 0.0734. The number of rotatable bonds is 3. The summed E-state index contributed by atoms with van der Waals surface area (Å²) in [6.45, 7) is 1.25. The fourth-order valence-corrected chi connectivity index (χ4v) is 2.86. The third-order valence-electron chi connectivity index (χ3n) is 4.16. The molecular formula is C18H20N2O3. The number of amides is 1. The number of benzene rings is 2. The largest absolute Gasteiger partial charge is 0.493 e. The standard InChI is InChI=1S/C18H20N2O3/c1-22-16-9-13-7-8-20(11-14(13)10-17(16)23-2)18(21)12-3-5-15(19)6-4-12/h3-6,9-10H,7-8,11,19H2,1-2H3. The van der Waals surface area contributed by atoms with Crippen molar-refractivity contribution in [2.75, 3.05) is 26.5 Å². The highest BCUT2D eigenvalue weighted by Gasteiger charge is 2.23. The molecule has 0 saturated carbocycles. The third-order valence-corrected chi connectivity index (χ3v) is 4.16. The molecule has 0 aliphatic carbocycles. The van der Waals surface area contributed by atoms with Crippen molar-refractivity contribution in [2.24, 2.45) is 0 Å². The van der Waals surface area contributed by atoms with Crippen molar-refractivity contribution in [3.8, 4) is 11.5 Å². The Kier molecular flexibility index (Phi) is 4.10. The van der Waals surface area contributed by atoms with Crippen molar-refractivity contribution >= 4 is 11.6 Å². The summed E-state index contributed by atoms with van der Waals surface area (Å²) < 4.78 is 10.7. The Bertz CT molecular complexity index is 726. The van der Waals surface area contributed by atoms with Crippen molar-refractivity contribution in [2.45, 2.75) is 13.0 Å². The fraction of sp³-hybridized carbons (Fsp3) is 0.278. The van der Waals surface area contributed by atoms with Gasteiger partial charge in [-0.2, -0.15) is 0 Å². The predicted octanol–water partition coefficient (Wildman–Crippen LogP) is 2.48. The van der Waals surface area contributed by atoms with E-state index in [-0.39, 0.29) is 5.91 Å². The Morgan fingerprint density at radius 1 is 1.04 bits per heavy atom. The molecule has 23 heavy (non-hydrogen) atoms. The number of ether oxygens (including phenoxy) is 2. The van der Waals surface area contributed by atoms with E-state index in [1.165, 1.54) is 5.56 Å². The zero-order valence-electron chi connectivity index (χ0n) is 13.3. The first-order valence-electron chi connectivity index (χ1n) is 7.51. The molecule has 2 aromatic carbocycles. The highest BCUT2D eigenvalue weighted by Crippen LogP contribution is 2.33. The molecule has 0 spiro atoms. The second-order valence-electron chi connectivity index (χ2n) is 5.57. The van der Waals surface area contributed by atoms with Crippen LogP contribution in [0.1, 0.15) is 21.5 Å². The number of nitrogens with zero attached hydrogens (tertiary/aromatic N) is 1. The van der Waals surface area contributed by atoms with Gasteiger partial charge in [-0.15, -0.1) is 0 Å². The SMILES string of the molecule is COc1cc2c(cc1OC)CN(C(=O)c1ccc(N)cc1)CC2. The number of fused-ring (bicyclic) bond motifs is 1. The van der Waals surface area contributed by atoms with E-state index in [0.717, 1.165) is 17.7 Å². The Hall–Kier alpha value is -2.69. The van der Waals surface area contributed by atoms with Crippen LogP contribution in [0.3, 0.4) is 0 Å². The summed E-state index contributed by atoms with van der Waals surface area (Å²) in [6.07, 6.45) is 0.802. The Morgan fingerprint density at radius 3 is 2.26 bits per heavy atom. The number of anilines is 1. The summed E-state index contributed by atoms with van der Waals surface area (Å²) >= 11 is 0. The normalized spacial score (nSPS) is 13.4. The lowest BCUT2D eigenvalue weighted by atomic mass is 9.98. The van der Waals surface area contributed by atoms with Crippen molar-refractivity contribution in [1.29, 1.82) is 0 Å². The molecule has 0 saturated heterocycles. The van der Waals surface area contributed by atoms with Crippen molar-refractivity contribution < 1.29 is 14.3 Å². The maximum absolute atomic E-state index is 12.6. The number of hydrogen-bond donors (Lipinski definition) is 1. The van der Waals surface area contributed by atoms with Crippen LogP contribution in [0.4, 0.5) is 5.69 Å². The van der Waals surface area contributed by atoms with Crippen molar-refractivity contribution in [1.82, 2.24) is 4.90 Å². The molecule has 1 aliphatic heterocycles. The van der Waals surface area contributed by atoms with E-state index < -0.39 is 0 Å². The second kappa shape index (κ2) is 6.20. The highest BCUT2D eigenvalue weighted by atomic mass is 16.5. The van der Waals surface area contributed by atoms with Gasteiger partial charge in [-0.1, -0.05) is 0 Å². The molecular weight excluding hydrogens is 292 g/mol. The smallest absolute Gasteiger partial charge is 0.254 e. The van der Waals surface area contributed by atoms with E-state index in [1.807, 2.05) is 17.0 Å². The summed E-state index contributed by atoms with van der Waals surface area (Å²) in [5.74, 6) is 1.43. The van der Waals surface area contributed by atoms with Crippen molar-refractivity contribution in [3.63, 3.8) is 0 Å². The zero-order valence-corrected chi connectivity index (χ0v) is 13.3. The summed E-state index contributed by atoms with van der Waals surface area (Å²) in [5.41, 5.74) is 9.28. The molecule has 0 bridgehead atoms. The van der Waals surface area contributed by atoms with Gasteiger partial charge in [-0.3, -0.25) is 4.79 Å². The lowest BCUT2D eigenvalue weighted by Crippen LogP contribution is -2.36. The molecule has 2 aromatic rings. The summed E-state index contributed by atoms with van der Waals surface area (Å²) in [7, 11) is 3.24. The van der Waals surface area contributed by atoms with E-state index >= 15 is 0 Å². The molecule has 2 N–H and O–H groups in total. The number of carbonyl (C=O) groups is 1. The minimum absolute atomic E-state index is 0.0189. The number of carbonyl (C=O) groups excluding carboxylic acids is 1. The second-order valence-corrected chi connectivity index (χ2v) is 5.57. The molecule has 5 heteroatoms. The molecule has 0 atom stereocenters. The predicted molar refractivity (Wildman–Crippen MR) is 88.8 cm³/mol. The lowest BCUT2D eigenvalue weighted by Gasteiger charge is -2.29. The molecule has 0 aromatic heterocycles. The molecule has 0 radical (unpaired) electrons. The molecule has 1 amide bonds. The third kappa shape index (κ3) is 2.95.